The monoisotopic (exact) mass is 289 g/mol. The number of methoxy groups -OCH3 is 1. The lowest BCUT2D eigenvalue weighted by atomic mass is 10.1. The summed E-state index contributed by atoms with van der Waals surface area (Å²) in [7, 11) is 1.58. The fourth-order valence-corrected chi connectivity index (χ4v) is 2.07. The predicted octanol–water partition coefficient (Wildman–Crippen LogP) is 1.07. The van der Waals surface area contributed by atoms with E-state index in [0.29, 0.717) is 37.2 Å². The molecule has 2 rings (SSSR count). The Balaban J connectivity index is 2.44. The topological polar surface area (TPSA) is 73.2 Å². The predicted molar refractivity (Wildman–Crippen MR) is 80.0 cm³/mol. The van der Waals surface area contributed by atoms with Crippen molar-refractivity contribution >= 4 is 16.7 Å². The highest BCUT2D eigenvalue weighted by Gasteiger charge is 2.10. The molecule has 2 aromatic rings. The molecule has 0 aliphatic carbocycles. The first kappa shape index (κ1) is 15.2. The van der Waals surface area contributed by atoms with Crippen molar-refractivity contribution < 1.29 is 9.53 Å². The Bertz CT molecular complexity index is 694. The molecule has 1 aromatic heterocycles. The van der Waals surface area contributed by atoms with Crippen molar-refractivity contribution in [3.63, 3.8) is 0 Å². The number of nitrogens with one attached hydrogen (secondary N) is 1. The van der Waals surface area contributed by atoms with E-state index in [-0.39, 0.29) is 11.5 Å². The Morgan fingerprint density at radius 3 is 2.71 bits per heavy atom. The molecule has 0 fully saturated rings. The molecule has 1 heterocycles. The van der Waals surface area contributed by atoms with Gasteiger partial charge in [-0.15, -0.1) is 0 Å². The summed E-state index contributed by atoms with van der Waals surface area (Å²) in [6.45, 7) is 2.89. The fraction of sp³-hybridized carbons (Fsp3) is 0.400. The van der Waals surface area contributed by atoms with Gasteiger partial charge in [0, 0.05) is 18.9 Å². The third kappa shape index (κ3) is 3.46. The van der Waals surface area contributed by atoms with Gasteiger partial charge in [-0.05, 0) is 6.07 Å². The summed E-state index contributed by atoms with van der Waals surface area (Å²) in [5.41, 5.74) is 0.538. The summed E-state index contributed by atoms with van der Waals surface area (Å²) in [4.78, 5) is 23.8. The van der Waals surface area contributed by atoms with E-state index in [1.54, 1.807) is 20.1 Å². The van der Waals surface area contributed by atoms with E-state index < -0.39 is 0 Å². The van der Waals surface area contributed by atoms with Crippen molar-refractivity contribution in [2.45, 2.75) is 26.4 Å². The number of hydrogen-bond donors (Lipinski definition) is 1. The molecular formula is C15H19N3O3. The van der Waals surface area contributed by atoms with E-state index >= 15 is 0 Å². The first-order chi connectivity index (χ1) is 10.2. The molecule has 1 amide bonds. The van der Waals surface area contributed by atoms with Crippen LogP contribution in [0.2, 0.25) is 0 Å². The average molecular weight is 289 g/mol. The number of carbonyl (C=O) groups excluding carboxylic acids is 1. The van der Waals surface area contributed by atoms with E-state index in [1.807, 2.05) is 18.2 Å². The molecule has 0 spiro atoms. The van der Waals surface area contributed by atoms with Crippen LogP contribution < -0.4 is 10.9 Å². The molecule has 6 nitrogen and oxygen atoms in total. The minimum Gasteiger partial charge on any atom is -0.383 e. The Hall–Kier alpha value is -2.21. The van der Waals surface area contributed by atoms with Crippen LogP contribution in [-0.4, -0.2) is 29.4 Å². The van der Waals surface area contributed by atoms with Crippen LogP contribution in [0.15, 0.2) is 29.1 Å². The Morgan fingerprint density at radius 1 is 1.33 bits per heavy atom. The molecule has 1 aromatic carbocycles. The average Bonchev–Trinajstić information content (AvgIpc) is 2.53. The number of hydrogen-bond acceptors (Lipinski definition) is 4. The second kappa shape index (κ2) is 6.99. The fourth-order valence-electron chi connectivity index (χ4n) is 2.07. The van der Waals surface area contributed by atoms with Crippen molar-refractivity contribution in [2.75, 3.05) is 13.7 Å². The number of benzene rings is 1. The van der Waals surface area contributed by atoms with E-state index in [1.165, 1.54) is 4.68 Å². The number of aromatic nitrogens is 2. The third-order valence-corrected chi connectivity index (χ3v) is 3.23. The van der Waals surface area contributed by atoms with Gasteiger partial charge < -0.3 is 10.1 Å². The van der Waals surface area contributed by atoms with E-state index in [9.17, 15) is 9.59 Å². The molecule has 0 bridgehead atoms. The van der Waals surface area contributed by atoms with Crippen molar-refractivity contribution in [1.29, 1.82) is 0 Å². The first-order valence-electron chi connectivity index (χ1n) is 6.91. The molecule has 0 aliphatic rings. The highest BCUT2D eigenvalue weighted by molar-refractivity contribution is 5.84. The van der Waals surface area contributed by atoms with Gasteiger partial charge in [0.05, 0.1) is 30.8 Å². The molecule has 0 atom stereocenters. The van der Waals surface area contributed by atoms with Crippen LogP contribution in [0.3, 0.4) is 0 Å². The zero-order valence-electron chi connectivity index (χ0n) is 12.3. The minimum atomic E-state index is -0.145. The van der Waals surface area contributed by atoms with E-state index in [4.69, 9.17) is 4.74 Å². The van der Waals surface area contributed by atoms with Crippen molar-refractivity contribution in [1.82, 2.24) is 15.1 Å². The molecule has 0 aliphatic heterocycles. The van der Waals surface area contributed by atoms with Crippen LogP contribution in [-0.2, 0) is 22.6 Å². The quantitative estimate of drug-likeness (QED) is 0.863. The summed E-state index contributed by atoms with van der Waals surface area (Å²) < 4.78 is 6.39. The SMILES string of the molecule is CCC(=O)NCc1nn(CCOC)c(=O)c2ccccc12. The van der Waals surface area contributed by atoms with Gasteiger partial charge >= 0.3 is 0 Å². The Morgan fingerprint density at radius 2 is 2.05 bits per heavy atom. The largest absolute Gasteiger partial charge is 0.383 e. The molecule has 0 saturated carbocycles. The highest BCUT2D eigenvalue weighted by Crippen LogP contribution is 2.13. The summed E-state index contributed by atoms with van der Waals surface area (Å²) in [5.74, 6) is -0.0458. The normalized spacial score (nSPS) is 10.8. The van der Waals surface area contributed by atoms with Gasteiger partial charge in [-0.3, -0.25) is 9.59 Å². The van der Waals surface area contributed by atoms with E-state index in [0.717, 1.165) is 5.39 Å². The van der Waals surface area contributed by atoms with Gasteiger partial charge in [0.15, 0.2) is 0 Å². The molecule has 0 saturated heterocycles. The minimum absolute atomic E-state index is 0.0458. The van der Waals surface area contributed by atoms with Crippen LogP contribution in [0.5, 0.6) is 0 Å². The Kier molecular flexibility index (Phi) is 5.05. The maximum absolute atomic E-state index is 12.3. The van der Waals surface area contributed by atoms with Gasteiger partial charge in [0.1, 0.15) is 0 Å². The molecule has 6 heteroatoms. The molecule has 1 N–H and O–H groups in total. The number of fused-ring (bicyclic) bond motifs is 1. The number of rotatable bonds is 6. The van der Waals surface area contributed by atoms with Gasteiger partial charge in [0.25, 0.3) is 5.56 Å². The summed E-state index contributed by atoms with van der Waals surface area (Å²) in [6.07, 6.45) is 0.418. The van der Waals surface area contributed by atoms with Crippen LogP contribution in [0, 0.1) is 0 Å². The second-order valence-corrected chi connectivity index (χ2v) is 4.64. The first-order valence-corrected chi connectivity index (χ1v) is 6.91. The zero-order chi connectivity index (χ0) is 15.2. The van der Waals surface area contributed by atoms with Crippen LogP contribution >= 0.6 is 0 Å². The maximum Gasteiger partial charge on any atom is 0.274 e. The van der Waals surface area contributed by atoms with Crippen molar-refractivity contribution in [2.24, 2.45) is 0 Å². The lowest BCUT2D eigenvalue weighted by Crippen LogP contribution is -2.29. The number of amides is 1. The molecule has 112 valence electrons. The number of ether oxygens (including phenoxy) is 1. The number of carbonyl (C=O) groups is 1. The second-order valence-electron chi connectivity index (χ2n) is 4.64. The van der Waals surface area contributed by atoms with Crippen molar-refractivity contribution in [3.05, 3.63) is 40.3 Å². The smallest absolute Gasteiger partial charge is 0.274 e. The van der Waals surface area contributed by atoms with Gasteiger partial charge in [0.2, 0.25) is 5.91 Å². The highest BCUT2D eigenvalue weighted by atomic mass is 16.5. The third-order valence-electron chi connectivity index (χ3n) is 3.23. The maximum atomic E-state index is 12.3. The lowest BCUT2D eigenvalue weighted by Gasteiger charge is -2.11. The Labute approximate surface area is 122 Å². The van der Waals surface area contributed by atoms with Crippen LogP contribution in [0.25, 0.3) is 10.8 Å². The molecule has 21 heavy (non-hydrogen) atoms. The lowest BCUT2D eigenvalue weighted by molar-refractivity contribution is -0.120. The molecular weight excluding hydrogens is 270 g/mol. The molecule has 0 unspecified atom stereocenters. The summed E-state index contributed by atoms with van der Waals surface area (Å²) >= 11 is 0. The summed E-state index contributed by atoms with van der Waals surface area (Å²) in [5, 5.41) is 8.52. The molecule has 0 radical (unpaired) electrons. The van der Waals surface area contributed by atoms with Gasteiger partial charge in [-0.25, -0.2) is 4.68 Å². The van der Waals surface area contributed by atoms with Gasteiger partial charge in [-0.2, -0.15) is 5.10 Å². The van der Waals surface area contributed by atoms with Crippen LogP contribution in [0.1, 0.15) is 19.0 Å². The standard InChI is InChI=1S/C15H19N3O3/c1-3-14(19)16-10-13-11-6-4-5-7-12(11)15(20)18(17-13)8-9-21-2/h4-7H,3,8-10H2,1-2H3,(H,16,19). The zero-order valence-corrected chi connectivity index (χ0v) is 12.3. The van der Waals surface area contributed by atoms with E-state index in [2.05, 4.69) is 10.4 Å². The van der Waals surface area contributed by atoms with Crippen molar-refractivity contribution in [3.8, 4) is 0 Å². The van der Waals surface area contributed by atoms with Crippen LogP contribution in [0.4, 0.5) is 0 Å². The van der Waals surface area contributed by atoms with Gasteiger partial charge in [-0.1, -0.05) is 25.1 Å². The summed E-state index contributed by atoms with van der Waals surface area (Å²) in [6, 6.07) is 7.29. The number of nitrogens with zero attached hydrogens (tertiary/aromatic N) is 2.